The van der Waals surface area contributed by atoms with Gasteiger partial charge in [0.05, 0.1) is 0 Å². The van der Waals surface area contributed by atoms with Crippen molar-refractivity contribution in [3.63, 3.8) is 0 Å². The van der Waals surface area contributed by atoms with E-state index in [4.69, 9.17) is 0 Å². The van der Waals surface area contributed by atoms with E-state index in [9.17, 15) is 8.78 Å². The zero-order valence-electron chi connectivity index (χ0n) is 5.43. The molecule has 0 aliphatic carbocycles. The molecule has 0 aliphatic rings. The summed E-state index contributed by atoms with van der Waals surface area (Å²) in [6.07, 6.45) is 0. The van der Waals surface area contributed by atoms with E-state index in [-0.39, 0.29) is 0 Å². The van der Waals surface area contributed by atoms with Crippen LogP contribution < -0.4 is 4.46 Å². The van der Waals surface area contributed by atoms with E-state index in [0.717, 1.165) is 0 Å². The average Bonchev–Trinajstić information content (AvgIpc) is 1.85. The molecule has 0 amide bonds. The Morgan fingerprint density at radius 2 is 1.73 bits per heavy atom. The SMILES string of the molecule is FC(F)(Br)[Se]c1ccccc1. The van der Waals surface area contributed by atoms with Gasteiger partial charge in [-0.3, -0.25) is 0 Å². The Morgan fingerprint density at radius 3 is 2.18 bits per heavy atom. The van der Waals surface area contributed by atoms with Crippen molar-refractivity contribution in [3.8, 4) is 0 Å². The van der Waals surface area contributed by atoms with Crippen LogP contribution in [-0.2, 0) is 0 Å². The van der Waals surface area contributed by atoms with Crippen LogP contribution in [0.3, 0.4) is 0 Å². The van der Waals surface area contributed by atoms with Gasteiger partial charge in [-0.05, 0) is 0 Å². The summed E-state index contributed by atoms with van der Waals surface area (Å²) in [7, 11) is 0. The average molecular weight is 286 g/mol. The number of halogens is 3. The van der Waals surface area contributed by atoms with Crippen LogP contribution in [0, 0.1) is 0 Å². The molecule has 0 bridgehead atoms. The number of rotatable bonds is 2. The molecule has 0 unspecified atom stereocenters. The van der Waals surface area contributed by atoms with Gasteiger partial charge in [0, 0.05) is 0 Å². The summed E-state index contributed by atoms with van der Waals surface area (Å²) in [6.45, 7) is 0. The summed E-state index contributed by atoms with van der Waals surface area (Å²) >= 11 is 1.50. The third-order valence-electron chi connectivity index (χ3n) is 0.977. The zero-order valence-corrected chi connectivity index (χ0v) is 8.73. The molecule has 0 spiro atoms. The van der Waals surface area contributed by atoms with Crippen molar-refractivity contribution >= 4 is 35.3 Å². The van der Waals surface area contributed by atoms with Gasteiger partial charge in [-0.1, -0.05) is 0 Å². The second-order valence-corrected chi connectivity index (χ2v) is 6.53. The molecule has 0 nitrogen and oxygen atoms in total. The quantitative estimate of drug-likeness (QED) is 0.576. The molecule has 0 heterocycles. The summed E-state index contributed by atoms with van der Waals surface area (Å²) in [5, 5.41) is 0. The maximum absolute atomic E-state index is 12.4. The van der Waals surface area contributed by atoms with E-state index < -0.39 is 18.7 Å². The molecule has 1 rings (SSSR count). The normalized spacial score (nSPS) is 11.5. The van der Waals surface area contributed by atoms with Gasteiger partial charge < -0.3 is 0 Å². The molecule has 0 saturated carbocycles. The Hall–Kier alpha value is 0.0795. The Morgan fingerprint density at radius 1 is 1.18 bits per heavy atom. The van der Waals surface area contributed by atoms with E-state index in [1.165, 1.54) is 0 Å². The molecule has 0 fully saturated rings. The van der Waals surface area contributed by atoms with Crippen molar-refractivity contribution in [2.45, 2.75) is 3.73 Å². The van der Waals surface area contributed by atoms with E-state index in [2.05, 4.69) is 15.9 Å². The van der Waals surface area contributed by atoms with E-state index in [0.29, 0.717) is 4.46 Å². The van der Waals surface area contributed by atoms with Crippen LogP contribution in [0.1, 0.15) is 0 Å². The molecular formula is C7H5BrF2Se. The molecule has 1 aromatic carbocycles. The predicted molar refractivity (Wildman–Crippen MR) is 45.7 cm³/mol. The summed E-state index contributed by atoms with van der Waals surface area (Å²) < 4.78 is 22.7. The summed E-state index contributed by atoms with van der Waals surface area (Å²) in [6, 6.07) is 8.74. The second kappa shape index (κ2) is 3.65. The molecule has 4 heteroatoms. The predicted octanol–water partition coefficient (Wildman–Crippen LogP) is 1.96. The van der Waals surface area contributed by atoms with Crippen molar-refractivity contribution < 1.29 is 8.78 Å². The Kier molecular flexibility index (Phi) is 3.05. The maximum atomic E-state index is 12.4. The Balaban J connectivity index is 2.66. The van der Waals surface area contributed by atoms with Crippen LogP contribution >= 0.6 is 15.9 Å². The fourth-order valence-electron chi connectivity index (χ4n) is 0.622. The number of hydrogen-bond acceptors (Lipinski definition) is 0. The standard InChI is InChI=1S/C7H5BrF2Se/c8-7(9,10)11-6-4-2-1-3-5-6/h1-5H. The van der Waals surface area contributed by atoms with Gasteiger partial charge in [-0.15, -0.1) is 0 Å². The van der Waals surface area contributed by atoms with Crippen molar-refractivity contribution in [1.29, 1.82) is 0 Å². The van der Waals surface area contributed by atoms with Gasteiger partial charge in [0.2, 0.25) is 0 Å². The van der Waals surface area contributed by atoms with Crippen LogP contribution in [0.4, 0.5) is 8.78 Å². The number of benzene rings is 1. The van der Waals surface area contributed by atoms with Gasteiger partial charge in [-0.2, -0.15) is 0 Å². The van der Waals surface area contributed by atoms with Crippen LogP contribution in [0.25, 0.3) is 0 Å². The first-order valence-corrected chi connectivity index (χ1v) is 5.39. The van der Waals surface area contributed by atoms with Gasteiger partial charge in [-0.25, -0.2) is 0 Å². The third-order valence-corrected chi connectivity index (χ3v) is 3.37. The third kappa shape index (κ3) is 3.85. The van der Waals surface area contributed by atoms with Crippen molar-refractivity contribution in [2.24, 2.45) is 0 Å². The van der Waals surface area contributed by atoms with Crippen molar-refractivity contribution in [2.75, 3.05) is 0 Å². The fraction of sp³-hybridized carbons (Fsp3) is 0.143. The van der Waals surface area contributed by atoms with Gasteiger partial charge in [0.15, 0.2) is 0 Å². The first kappa shape index (κ1) is 9.17. The zero-order chi connectivity index (χ0) is 8.32. The molecule has 0 saturated heterocycles. The topological polar surface area (TPSA) is 0 Å². The molecule has 0 aliphatic heterocycles. The van der Waals surface area contributed by atoms with Crippen LogP contribution in [0.2, 0.25) is 0 Å². The Labute approximate surface area is 78.3 Å². The summed E-state index contributed by atoms with van der Waals surface area (Å²) in [5.74, 6) is 0. The first-order chi connectivity index (χ1) is 5.08. The monoisotopic (exact) mass is 286 g/mol. The molecule has 0 N–H and O–H groups in total. The molecule has 11 heavy (non-hydrogen) atoms. The molecule has 1 aromatic rings. The summed E-state index contributed by atoms with van der Waals surface area (Å²) in [4.78, 5) is 0. The fourth-order valence-corrected chi connectivity index (χ4v) is 2.77. The first-order valence-electron chi connectivity index (χ1n) is 2.89. The van der Waals surface area contributed by atoms with Crippen LogP contribution in [-0.4, -0.2) is 18.7 Å². The molecule has 0 atom stereocenters. The minimum absolute atomic E-state index is 0.696. The number of hydrogen-bond donors (Lipinski definition) is 0. The number of alkyl halides is 3. The van der Waals surface area contributed by atoms with Crippen LogP contribution in [0.15, 0.2) is 30.3 Å². The van der Waals surface area contributed by atoms with Gasteiger partial charge >= 0.3 is 78.2 Å². The van der Waals surface area contributed by atoms with Crippen molar-refractivity contribution in [3.05, 3.63) is 30.3 Å². The molecule has 0 radical (unpaired) electrons. The van der Waals surface area contributed by atoms with Crippen molar-refractivity contribution in [1.82, 2.24) is 0 Å². The second-order valence-electron chi connectivity index (χ2n) is 1.86. The van der Waals surface area contributed by atoms with Crippen LogP contribution in [0.5, 0.6) is 0 Å². The Bertz CT molecular complexity index is 220. The van der Waals surface area contributed by atoms with Gasteiger partial charge in [0.25, 0.3) is 0 Å². The molecule has 60 valence electrons. The van der Waals surface area contributed by atoms with E-state index >= 15 is 0 Å². The van der Waals surface area contributed by atoms with E-state index in [1.807, 2.05) is 6.07 Å². The van der Waals surface area contributed by atoms with Gasteiger partial charge in [0.1, 0.15) is 0 Å². The van der Waals surface area contributed by atoms with E-state index in [1.54, 1.807) is 24.3 Å². The molecular weight excluding hydrogens is 281 g/mol. The molecule has 0 aromatic heterocycles. The summed E-state index contributed by atoms with van der Waals surface area (Å²) in [5.41, 5.74) is 0. The minimum atomic E-state index is -2.72.